The Morgan fingerprint density at radius 1 is 1.26 bits per heavy atom. The van der Waals surface area contributed by atoms with E-state index in [2.05, 4.69) is 9.79 Å². The number of nitrogens with one attached hydrogen (secondary N) is 1. The van der Waals surface area contributed by atoms with Gasteiger partial charge < -0.3 is 19.1 Å². The van der Waals surface area contributed by atoms with Gasteiger partial charge in [-0.25, -0.2) is 13.2 Å². The van der Waals surface area contributed by atoms with Crippen LogP contribution in [0.15, 0.2) is 60.7 Å². The fourth-order valence-electron chi connectivity index (χ4n) is 3.78. The number of hydrogen-bond acceptors (Lipinski definition) is 10. The van der Waals surface area contributed by atoms with Crippen LogP contribution in [-0.2, 0) is 19.0 Å². The van der Waals surface area contributed by atoms with Crippen molar-refractivity contribution in [2.75, 3.05) is 6.61 Å². The SMILES string of the molecule is CC(C)(C)[Si](C)(C)O[C@H]1C[C@H](n2cc(F)c(=O)[nH]c2=O)O[C@@H]1COc1no[n+]([O-])c1S(=O)(=O)c1ccccc1. The van der Waals surface area contributed by atoms with Crippen molar-refractivity contribution in [3.8, 4) is 5.88 Å². The second-order valence-electron chi connectivity index (χ2n) is 10.6. The third kappa shape index (κ3) is 5.68. The highest BCUT2D eigenvalue weighted by atomic mass is 32.2. The van der Waals surface area contributed by atoms with E-state index in [1.165, 1.54) is 24.3 Å². The van der Waals surface area contributed by atoms with Crippen molar-refractivity contribution in [3.05, 3.63) is 68.4 Å². The van der Waals surface area contributed by atoms with Gasteiger partial charge in [-0.3, -0.25) is 19.0 Å². The van der Waals surface area contributed by atoms with Crippen LogP contribution >= 0.6 is 0 Å². The van der Waals surface area contributed by atoms with Gasteiger partial charge in [0.15, 0.2) is 8.32 Å². The van der Waals surface area contributed by atoms with E-state index in [4.69, 9.17) is 13.9 Å². The molecule has 16 heteroatoms. The molecule has 1 aliphatic heterocycles. The molecule has 2 aromatic heterocycles. The molecule has 0 aliphatic carbocycles. The molecular weight excluding hydrogens is 555 g/mol. The number of H-pyrrole nitrogens is 1. The summed E-state index contributed by atoms with van der Waals surface area (Å²) in [4.78, 5) is 25.3. The molecule has 39 heavy (non-hydrogen) atoms. The molecule has 1 N–H and O–H groups in total. The Labute approximate surface area is 223 Å². The lowest BCUT2D eigenvalue weighted by molar-refractivity contribution is -0.832. The summed E-state index contributed by atoms with van der Waals surface area (Å²) < 4.78 is 63.7. The maximum atomic E-state index is 14.0. The number of sulfone groups is 1. The number of aromatic amines is 1. The van der Waals surface area contributed by atoms with E-state index in [9.17, 15) is 27.6 Å². The molecule has 1 aliphatic rings. The lowest BCUT2D eigenvalue weighted by Crippen LogP contribution is -2.46. The molecule has 0 radical (unpaired) electrons. The van der Waals surface area contributed by atoms with Gasteiger partial charge in [-0.05, 0) is 35.2 Å². The first-order valence-electron chi connectivity index (χ1n) is 12.0. The van der Waals surface area contributed by atoms with Crippen LogP contribution in [0.25, 0.3) is 0 Å². The molecule has 0 bridgehead atoms. The van der Waals surface area contributed by atoms with E-state index in [1.54, 1.807) is 6.07 Å². The van der Waals surface area contributed by atoms with Crippen molar-refractivity contribution >= 4 is 18.2 Å². The van der Waals surface area contributed by atoms with Crippen molar-refractivity contribution in [3.63, 3.8) is 0 Å². The van der Waals surface area contributed by atoms with Gasteiger partial charge in [0.25, 0.3) is 15.4 Å². The smallest absolute Gasteiger partial charge is 0.415 e. The van der Waals surface area contributed by atoms with Gasteiger partial charge in [0.05, 0.1) is 22.4 Å². The molecular formula is C23H29FN4O9SSi. The number of rotatable bonds is 8. The van der Waals surface area contributed by atoms with Gasteiger partial charge in [-0.2, -0.15) is 4.39 Å². The molecule has 0 saturated carbocycles. The fourth-order valence-corrected chi connectivity index (χ4v) is 6.43. The lowest BCUT2D eigenvalue weighted by Gasteiger charge is -2.39. The minimum absolute atomic E-state index is 0.0987. The van der Waals surface area contributed by atoms with Gasteiger partial charge in [0, 0.05) is 6.42 Å². The van der Waals surface area contributed by atoms with E-state index in [-0.39, 0.29) is 27.9 Å². The molecule has 1 saturated heterocycles. The average Bonchev–Trinajstić information content (AvgIpc) is 3.42. The Balaban J connectivity index is 1.63. The quantitative estimate of drug-likeness (QED) is 0.305. The van der Waals surface area contributed by atoms with E-state index in [0.29, 0.717) is 0 Å². The first-order valence-corrected chi connectivity index (χ1v) is 16.4. The zero-order valence-electron chi connectivity index (χ0n) is 21.9. The molecule has 0 amide bonds. The van der Waals surface area contributed by atoms with Crippen molar-refractivity contribution < 1.29 is 36.2 Å². The zero-order chi connectivity index (χ0) is 28.8. The van der Waals surface area contributed by atoms with Crippen LogP contribution in [0.2, 0.25) is 18.1 Å². The van der Waals surface area contributed by atoms with Crippen molar-refractivity contribution in [2.24, 2.45) is 0 Å². The van der Waals surface area contributed by atoms with E-state index >= 15 is 0 Å². The lowest BCUT2D eigenvalue weighted by atomic mass is 10.2. The number of benzene rings is 1. The standard InChI is InChI=1S/C23H29FN4O9SSi/c1-23(2,3)39(4,5)36-16-11-18(27-12-15(24)19(29)25-22(27)30)35-17(16)13-34-20-21(28(31)37-26-20)38(32,33)14-9-7-6-8-10-14/h6-10,12,16-18H,11,13H2,1-5H3,(H,25,29,30)/t16-,17+,18+/m0/s1. The Morgan fingerprint density at radius 3 is 2.56 bits per heavy atom. The number of halogens is 1. The maximum absolute atomic E-state index is 14.0. The Kier molecular flexibility index (Phi) is 7.59. The van der Waals surface area contributed by atoms with Crippen LogP contribution in [0.4, 0.5) is 4.39 Å². The van der Waals surface area contributed by atoms with E-state index in [0.717, 1.165) is 10.8 Å². The summed E-state index contributed by atoms with van der Waals surface area (Å²) in [5.41, 5.74) is -2.04. The number of aromatic nitrogens is 4. The monoisotopic (exact) mass is 584 g/mol. The highest BCUT2D eigenvalue weighted by molar-refractivity contribution is 7.91. The average molecular weight is 585 g/mol. The molecule has 1 fully saturated rings. The fraction of sp³-hybridized carbons (Fsp3) is 0.478. The summed E-state index contributed by atoms with van der Waals surface area (Å²) in [5, 5.41) is 14.6. The highest BCUT2D eigenvalue weighted by Gasteiger charge is 2.46. The van der Waals surface area contributed by atoms with Crippen LogP contribution in [0, 0.1) is 11.0 Å². The Bertz CT molecular complexity index is 1560. The molecule has 3 heterocycles. The molecule has 3 atom stereocenters. The predicted octanol–water partition coefficient (Wildman–Crippen LogP) is 1.89. The Hall–Kier alpha value is -3.34. The molecule has 13 nitrogen and oxygen atoms in total. The molecule has 1 aromatic carbocycles. The minimum Gasteiger partial charge on any atom is -0.452 e. The third-order valence-corrected chi connectivity index (χ3v) is 13.1. The molecule has 0 spiro atoms. The van der Waals surface area contributed by atoms with Crippen LogP contribution in [0.1, 0.15) is 33.4 Å². The molecule has 4 rings (SSSR count). The zero-order valence-corrected chi connectivity index (χ0v) is 23.7. The van der Waals surface area contributed by atoms with Crippen LogP contribution < -0.4 is 20.9 Å². The van der Waals surface area contributed by atoms with Gasteiger partial charge in [0.2, 0.25) is 5.82 Å². The van der Waals surface area contributed by atoms with E-state index in [1.807, 2.05) is 38.8 Å². The summed E-state index contributed by atoms with van der Waals surface area (Å²) in [6.07, 6.45) is -1.74. The van der Waals surface area contributed by atoms with Crippen molar-refractivity contribution in [1.29, 1.82) is 0 Å². The van der Waals surface area contributed by atoms with Crippen LogP contribution in [0.5, 0.6) is 5.88 Å². The third-order valence-electron chi connectivity index (χ3n) is 6.91. The summed E-state index contributed by atoms with van der Waals surface area (Å²) >= 11 is 0. The van der Waals surface area contributed by atoms with Gasteiger partial charge in [-0.1, -0.05) is 39.0 Å². The summed E-state index contributed by atoms with van der Waals surface area (Å²) in [6, 6.07) is 7.22. The number of hydrogen-bond donors (Lipinski definition) is 1. The summed E-state index contributed by atoms with van der Waals surface area (Å²) in [5.74, 6) is -1.75. The van der Waals surface area contributed by atoms with Crippen LogP contribution in [-0.4, -0.2) is 50.3 Å². The largest absolute Gasteiger partial charge is 0.452 e. The summed E-state index contributed by atoms with van der Waals surface area (Å²) in [6.45, 7) is 9.76. The minimum atomic E-state index is -4.35. The molecule has 0 unspecified atom stereocenters. The van der Waals surface area contributed by atoms with Gasteiger partial charge >= 0.3 is 16.6 Å². The topological polar surface area (TPSA) is 170 Å². The molecule has 212 valence electrons. The first-order chi connectivity index (χ1) is 18.1. The predicted molar refractivity (Wildman–Crippen MR) is 135 cm³/mol. The second kappa shape index (κ2) is 10.3. The Morgan fingerprint density at radius 2 is 1.92 bits per heavy atom. The maximum Gasteiger partial charge on any atom is 0.415 e. The van der Waals surface area contributed by atoms with Crippen molar-refractivity contribution in [1.82, 2.24) is 14.7 Å². The molecule has 3 aromatic rings. The number of ether oxygens (including phenoxy) is 2. The second-order valence-corrected chi connectivity index (χ2v) is 17.2. The highest BCUT2D eigenvalue weighted by Crippen LogP contribution is 2.41. The first kappa shape index (κ1) is 28.7. The van der Waals surface area contributed by atoms with Gasteiger partial charge in [0.1, 0.15) is 18.9 Å². The van der Waals surface area contributed by atoms with Crippen LogP contribution in [0.3, 0.4) is 0 Å². The number of nitrogens with zero attached hydrogens (tertiary/aromatic N) is 3. The summed E-state index contributed by atoms with van der Waals surface area (Å²) in [7, 11) is -6.75. The van der Waals surface area contributed by atoms with Crippen molar-refractivity contribution in [2.45, 2.75) is 73.7 Å². The van der Waals surface area contributed by atoms with Gasteiger partial charge in [-0.15, -0.1) is 0 Å². The van der Waals surface area contributed by atoms with E-state index < -0.39 is 64.6 Å². The normalized spacial score (nSPS) is 20.3.